The molecule has 0 bridgehead atoms. The van der Waals surface area contributed by atoms with E-state index < -0.39 is 0 Å². The van der Waals surface area contributed by atoms with Gasteiger partial charge in [0.1, 0.15) is 5.82 Å². The molecule has 4 nitrogen and oxygen atoms in total. The molecule has 24 heavy (non-hydrogen) atoms. The lowest BCUT2D eigenvalue weighted by molar-refractivity contribution is 0.0513. The fraction of sp³-hybridized carbons (Fsp3) is 0.611. The quantitative estimate of drug-likeness (QED) is 0.424. The van der Waals surface area contributed by atoms with Crippen LogP contribution in [0.25, 0.3) is 0 Å². The molecule has 0 spiro atoms. The van der Waals surface area contributed by atoms with Crippen LogP contribution in [-0.4, -0.2) is 38.8 Å². The summed E-state index contributed by atoms with van der Waals surface area (Å²) in [6, 6.07) is 7.44. The molecule has 1 aliphatic carbocycles. The van der Waals surface area contributed by atoms with Crippen LogP contribution >= 0.6 is 24.0 Å². The summed E-state index contributed by atoms with van der Waals surface area (Å²) < 4.78 is 18.8. The van der Waals surface area contributed by atoms with E-state index in [-0.39, 0.29) is 35.2 Å². The number of rotatable bonds is 4. The average molecular weight is 447 g/mol. The van der Waals surface area contributed by atoms with Crippen molar-refractivity contribution in [2.24, 2.45) is 10.9 Å². The summed E-state index contributed by atoms with van der Waals surface area (Å²) in [7, 11) is 1.80. The Morgan fingerprint density at radius 3 is 2.46 bits per heavy atom. The van der Waals surface area contributed by atoms with E-state index >= 15 is 0 Å². The number of benzene rings is 1. The van der Waals surface area contributed by atoms with E-state index in [4.69, 9.17) is 4.74 Å². The predicted molar refractivity (Wildman–Crippen MR) is 106 cm³/mol. The summed E-state index contributed by atoms with van der Waals surface area (Å²) in [6.07, 6.45) is 3.07. The first kappa shape index (κ1) is 19.4. The van der Waals surface area contributed by atoms with Crippen molar-refractivity contribution in [2.45, 2.75) is 37.6 Å². The van der Waals surface area contributed by atoms with Crippen molar-refractivity contribution >= 4 is 29.9 Å². The van der Waals surface area contributed by atoms with E-state index in [2.05, 4.69) is 22.5 Å². The maximum Gasteiger partial charge on any atom is 0.191 e. The molecule has 1 aromatic rings. The van der Waals surface area contributed by atoms with E-state index in [1.807, 2.05) is 12.1 Å². The molecule has 2 fully saturated rings. The van der Waals surface area contributed by atoms with Gasteiger partial charge in [-0.15, -0.1) is 24.0 Å². The van der Waals surface area contributed by atoms with E-state index in [1.165, 1.54) is 12.0 Å². The number of guanidine groups is 1. The minimum Gasteiger partial charge on any atom is -0.381 e. The van der Waals surface area contributed by atoms with Gasteiger partial charge in [-0.1, -0.05) is 19.1 Å². The number of nitrogens with one attached hydrogen (secondary N) is 2. The molecular weight excluding hydrogens is 420 g/mol. The van der Waals surface area contributed by atoms with Crippen LogP contribution in [0.1, 0.15) is 31.7 Å². The molecule has 1 saturated heterocycles. The summed E-state index contributed by atoms with van der Waals surface area (Å²) >= 11 is 0. The van der Waals surface area contributed by atoms with Crippen LogP contribution in [0.5, 0.6) is 0 Å². The highest BCUT2D eigenvalue weighted by atomic mass is 127. The SMILES string of the molecule is CN=C(NCC1(c2ccc(F)cc2)CCOCC1)NC1CC1C.I. The van der Waals surface area contributed by atoms with Gasteiger partial charge in [0.05, 0.1) is 0 Å². The van der Waals surface area contributed by atoms with Crippen molar-refractivity contribution in [3.8, 4) is 0 Å². The van der Waals surface area contributed by atoms with Crippen molar-refractivity contribution < 1.29 is 9.13 Å². The fourth-order valence-corrected chi connectivity index (χ4v) is 3.28. The van der Waals surface area contributed by atoms with Crippen molar-refractivity contribution in [3.63, 3.8) is 0 Å². The van der Waals surface area contributed by atoms with Crippen molar-refractivity contribution in [3.05, 3.63) is 35.6 Å². The third kappa shape index (κ3) is 4.59. The largest absolute Gasteiger partial charge is 0.381 e. The predicted octanol–water partition coefficient (Wildman–Crippen LogP) is 3.07. The lowest BCUT2D eigenvalue weighted by Crippen LogP contribution is -2.48. The summed E-state index contributed by atoms with van der Waals surface area (Å²) in [5.41, 5.74) is 1.14. The maximum atomic E-state index is 13.3. The van der Waals surface area contributed by atoms with E-state index in [0.717, 1.165) is 44.5 Å². The maximum absolute atomic E-state index is 13.3. The van der Waals surface area contributed by atoms with E-state index in [9.17, 15) is 4.39 Å². The molecule has 1 aliphatic heterocycles. The van der Waals surface area contributed by atoms with Gasteiger partial charge in [0.2, 0.25) is 0 Å². The molecule has 0 amide bonds. The van der Waals surface area contributed by atoms with Gasteiger partial charge in [0.25, 0.3) is 0 Å². The van der Waals surface area contributed by atoms with Gasteiger partial charge < -0.3 is 15.4 Å². The van der Waals surface area contributed by atoms with Gasteiger partial charge >= 0.3 is 0 Å². The molecule has 0 aromatic heterocycles. The number of aliphatic imine (C=N–C) groups is 1. The minimum atomic E-state index is -0.191. The monoisotopic (exact) mass is 447 g/mol. The van der Waals surface area contributed by atoms with Gasteiger partial charge in [-0.3, -0.25) is 4.99 Å². The zero-order valence-electron chi connectivity index (χ0n) is 14.3. The highest BCUT2D eigenvalue weighted by Gasteiger charge is 2.36. The highest BCUT2D eigenvalue weighted by Crippen LogP contribution is 2.34. The van der Waals surface area contributed by atoms with Crippen molar-refractivity contribution in [1.29, 1.82) is 0 Å². The van der Waals surface area contributed by atoms with Crippen LogP contribution in [0.2, 0.25) is 0 Å². The third-order valence-corrected chi connectivity index (χ3v) is 5.16. The fourth-order valence-electron chi connectivity index (χ4n) is 3.28. The van der Waals surface area contributed by atoms with Gasteiger partial charge in [0, 0.05) is 38.3 Å². The van der Waals surface area contributed by atoms with Crippen LogP contribution in [0.4, 0.5) is 4.39 Å². The first-order valence-electron chi connectivity index (χ1n) is 8.44. The summed E-state index contributed by atoms with van der Waals surface area (Å²) in [5.74, 6) is 1.39. The molecule has 6 heteroatoms. The number of hydrogen-bond acceptors (Lipinski definition) is 2. The Morgan fingerprint density at radius 2 is 1.92 bits per heavy atom. The lowest BCUT2D eigenvalue weighted by atomic mass is 9.74. The standard InChI is InChI=1S/C18H26FN3O.HI/c1-13-11-16(13)22-17(20-2)21-12-18(7-9-23-10-8-18)14-3-5-15(19)6-4-14;/h3-6,13,16H,7-12H2,1-2H3,(H2,20,21,22);1H. The zero-order chi connectivity index (χ0) is 16.3. The molecule has 2 atom stereocenters. The van der Waals surface area contributed by atoms with E-state index in [1.54, 1.807) is 19.2 Å². The van der Waals surface area contributed by atoms with Crippen LogP contribution in [-0.2, 0) is 10.2 Å². The molecule has 1 aromatic carbocycles. The molecule has 2 unspecified atom stereocenters. The van der Waals surface area contributed by atoms with Crippen LogP contribution in [0.15, 0.2) is 29.3 Å². The Labute approximate surface area is 160 Å². The van der Waals surface area contributed by atoms with Gasteiger partial charge in [-0.05, 0) is 42.9 Å². The Morgan fingerprint density at radius 1 is 1.29 bits per heavy atom. The Hall–Kier alpha value is -0.890. The minimum absolute atomic E-state index is 0. The first-order chi connectivity index (χ1) is 11.1. The summed E-state index contributed by atoms with van der Waals surface area (Å²) in [6.45, 7) is 4.50. The van der Waals surface area contributed by atoms with Gasteiger partial charge in [-0.2, -0.15) is 0 Å². The first-order valence-corrected chi connectivity index (χ1v) is 8.44. The average Bonchev–Trinajstić information content (AvgIpc) is 3.28. The second-order valence-electron chi connectivity index (χ2n) is 6.79. The number of nitrogens with zero attached hydrogens (tertiary/aromatic N) is 1. The smallest absolute Gasteiger partial charge is 0.191 e. The zero-order valence-corrected chi connectivity index (χ0v) is 16.7. The van der Waals surface area contributed by atoms with Crippen LogP contribution < -0.4 is 10.6 Å². The molecule has 1 heterocycles. The second kappa shape index (κ2) is 8.47. The van der Waals surface area contributed by atoms with Crippen LogP contribution in [0.3, 0.4) is 0 Å². The van der Waals surface area contributed by atoms with Gasteiger partial charge in [-0.25, -0.2) is 4.39 Å². The third-order valence-electron chi connectivity index (χ3n) is 5.16. The van der Waals surface area contributed by atoms with Crippen molar-refractivity contribution in [2.75, 3.05) is 26.8 Å². The molecule has 2 N–H and O–H groups in total. The molecular formula is C18H27FIN3O. The molecule has 2 aliphatic rings. The topological polar surface area (TPSA) is 45.7 Å². The molecule has 0 radical (unpaired) electrons. The second-order valence-corrected chi connectivity index (χ2v) is 6.79. The Bertz CT molecular complexity index is 558. The molecule has 1 saturated carbocycles. The Balaban J connectivity index is 0.00000208. The number of hydrogen-bond donors (Lipinski definition) is 2. The highest BCUT2D eigenvalue weighted by molar-refractivity contribution is 14.0. The normalized spacial score (nSPS) is 25.5. The van der Waals surface area contributed by atoms with Gasteiger partial charge in [0.15, 0.2) is 5.96 Å². The summed E-state index contributed by atoms with van der Waals surface area (Å²) in [5, 5.41) is 6.93. The lowest BCUT2D eigenvalue weighted by Gasteiger charge is -2.38. The van der Waals surface area contributed by atoms with Crippen LogP contribution in [0, 0.1) is 11.7 Å². The molecule has 3 rings (SSSR count). The number of halogens is 2. The Kier molecular flexibility index (Phi) is 6.86. The summed E-state index contributed by atoms with van der Waals surface area (Å²) in [4.78, 5) is 4.33. The van der Waals surface area contributed by atoms with Crippen molar-refractivity contribution in [1.82, 2.24) is 10.6 Å². The number of ether oxygens (including phenoxy) is 1. The van der Waals surface area contributed by atoms with E-state index in [0.29, 0.717) is 6.04 Å². The molecule has 134 valence electrons.